The van der Waals surface area contributed by atoms with Crippen LogP contribution in [0.4, 0.5) is 0 Å². The van der Waals surface area contributed by atoms with Crippen molar-refractivity contribution in [1.29, 1.82) is 0 Å². The Labute approximate surface area is 218 Å². The number of rotatable bonds is 7. The fraction of sp³-hybridized carbons (Fsp3) is 0.407. The molecule has 0 saturated carbocycles. The molecule has 1 aliphatic heterocycles. The van der Waals surface area contributed by atoms with Crippen molar-refractivity contribution in [2.24, 2.45) is 5.41 Å². The van der Waals surface area contributed by atoms with Gasteiger partial charge in [-0.3, -0.25) is 14.3 Å². The fourth-order valence-electron chi connectivity index (χ4n) is 5.16. The first-order chi connectivity index (χ1) is 17.2. The van der Waals surface area contributed by atoms with Gasteiger partial charge in [-0.25, -0.2) is 14.8 Å². The van der Waals surface area contributed by atoms with Crippen LogP contribution in [-0.4, -0.2) is 55.9 Å². The number of carboxylic acid groups (broad SMARTS) is 1. The van der Waals surface area contributed by atoms with E-state index in [-0.39, 0.29) is 18.2 Å². The number of carbonyl (C=O) groups excluding carboxylic acids is 1. The lowest BCUT2D eigenvalue weighted by Crippen LogP contribution is -2.50. The number of Topliss-reactive ketones (excluding diaryl/α,β-unsaturated/α-hetero) is 1. The summed E-state index contributed by atoms with van der Waals surface area (Å²) in [7, 11) is 2.15. The maximum absolute atomic E-state index is 12.1. The number of fused-ring (bicyclic) bond motifs is 1. The monoisotopic (exact) mass is 551 g/mol. The molecule has 1 fully saturated rings. The predicted octanol–water partition coefficient (Wildman–Crippen LogP) is 4.38. The zero-order valence-corrected chi connectivity index (χ0v) is 22.2. The Balaban J connectivity index is 1.44. The van der Waals surface area contributed by atoms with Crippen LogP contribution in [0.3, 0.4) is 0 Å². The fourth-order valence-corrected chi connectivity index (χ4v) is 6.26. The topological polar surface area (TPSA) is 100 Å². The van der Waals surface area contributed by atoms with E-state index < -0.39 is 17.4 Å². The smallest absolute Gasteiger partial charge is 0.326 e. The summed E-state index contributed by atoms with van der Waals surface area (Å²) in [6, 6.07) is 11.2. The number of aliphatic carboxylic acids is 1. The van der Waals surface area contributed by atoms with Gasteiger partial charge in [-0.15, -0.1) is 0 Å². The van der Waals surface area contributed by atoms with E-state index in [1.165, 1.54) is 12.8 Å². The van der Waals surface area contributed by atoms with Gasteiger partial charge in [-0.05, 0) is 86.0 Å². The first kappa shape index (κ1) is 24.6. The number of nitrogens with zero attached hydrogens (tertiary/aromatic N) is 4. The van der Waals surface area contributed by atoms with Crippen molar-refractivity contribution in [1.82, 2.24) is 24.8 Å². The summed E-state index contributed by atoms with van der Waals surface area (Å²) in [4.78, 5) is 36.1. The molecular formula is C27H30BrN5O3. The van der Waals surface area contributed by atoms with Gasteiger partial charge in [0.25, 0.3) is 0 Å². The minimum atomic E-state index is -0.963. The molecule has 2 atom stereocenters. The summed E-state index contributed by atoms with van der Waals surface area (Å²) in [5.74, 6) is -0.00840. The van der Waals surface area contributed by atoms with Crippen LogP contribution in [0.1, 0.15) is 50.5 Å². The number of aromatic nitrogens is 3. The third-order valence-corrected chi connectivity index (χ3v) is 8.13. The summed E-state index contributed by atoms with van der Waals surface area (Å²) in [5, 5.41) is 12.9. The van der Waals surface area contributed by atoms with Crippen molar-refractivity contribution in [2.75, 3.05) is 13.6 Å². The van der Waals surface area contributed by atoms with E-state index in [9.17, 15) is 14.7 Å². The van der Waals surface area contributed by atoms with Gasteiger partial charge in [0.2, 0.25) is 0 Å². The van der Waals surface area contributed by atoms with Crippen LogP contribution in [0.2, 0.25) is 0 Å². The Bertz CT molecular complexity index is 1360. The van der Waals surface area contributed by atoms with Gasteiger partial charge in [0.05, 0.1) is 15.9 Å². The van der Waals surface area contributed by atoms with Crippen LogP contribution in [-0.2, 0) is 16.0 Å². The lowest BCUT2D eigenvalue weighted by atomic mass is 9.74. The van der Waals surface area contributed by atoms with E-state index in [4.69, 9.17) is 4.98 Å². The maximum atomic E-state index is 12.1. The van der Waals surface area contributed by atoms with Crippen LogP contribution in [0.15, 0.2) is 52.8 Å². The first-order valence-electron chi connectivity index (χ1n) is 12.3. The minimum absolute atomic E-state index is 0.0286. The third-order valence-electron chi connectivity index (χ3n) is 7.37. The van der Waals surface area contributed by atoms with Crippen LogP contribution < -0.4 is 5.32 Å². The average molecular weight is 552 g/mol. The molecule has 1 aromatic carbocycles. The number of ketones is 1. The quantitative estimate of drug-likeness (QED) is 0.449. The lowest BCUT2D eigenvalue weighted by Gasteiger charge is -2.38. The van der Waals surface area contributed by atoms with Crippen molar-refractivity contribution in [3.05, 3.63) is 64.2 Å². The van der Waals surface area contributed by atoms with Gasteiger partial charge in [0.1, 0.15) is 17.4 Å². The Hall–Kier alpha value is -3.04. The highest BCUT2D eigenvalue weighted by Crippen LogP contribution is 2.43. The number of likely N-dealkylation sites (tertiary alicyclic amines) is 1. The number of nitrogens with one attached hydrogen (secondary N) is 1. The highest BCUT2D eigenvalue weighted by atomic mass is 79.9. The van der Waals surface area contributed by atoms with Crippen molar-refractivity contribution in [3.63, 3.8) is 0 Å². The molecule has 36 heavy (non-hydrogen) atoms. The molecule has 3 heterocycles. The van der Waals surface area contributed by atoms with E-state index >= 15 is 0 Å². The van der Waals surface area contributed by atoms with Crippen molar-refractivity contribution in [3.8, 4) is 5.69 Å². The van der Waals surface area contributed by atoms with Crippen molar-refractivity contribution >= 4 is 38.8 Å². The highest BCUT2D eigenvalue weighted by Gasteiger charge is 2.46. The average Bonchev–Trinajstić information content (AvgIpc) is 3.25. The van der Waals surface area contributed by atoms with Crippen molar-refractivity contribution in [2.45, 2.75) is 51.6 Å². The highest BCUT2D eigenvalue weighted by molar-refractivity contribution is 9.12. The number of hydrogen-bond acceptors (Lipinski definition) is 6. The molecule has 188 valence electrons. The summed E-state index contributed by atoms with van der Waals surface area (Å²) in [5.41, 5.74) is 3.43. The number of pyridine rings is 1. The van der Waals surface area contributed by atoms with Gasteiger partial charge in [0, 0.05) is 24.0 Å². The van der Waals surface area contributed by atoms with E-state index in [0.717, 1.165) is 41.2 Å². The van der Waals surface area contributed by atoms with Crippen LogP contribution in [0.25, 0.3) is 16.9 Å². The van der Waals surface area contributed by atoms with Crippen LogP contribution in [0, 0.1) is 5.41 Å². The molecule has 1 saturated heterocycles. The Morgan fingerprint density at radius 1 is 1.25 bits per heavy atom. The standard InChI is InChI=1S/C27H30BrN5O3/c1-27(2)22(21(28)23(27)34)30-19(26(35)36)15-16-9-11-17(12-10-16)33-24-18(7-6-13-29-24)31-25(33)20-8-4-5-14-32(20)3/h6-7,9-13,19-20,30H,4-5,8,14-15H2,1-3H3,(H,35,36)/t19-,20-/m0/s1. The summed E-state index contributed by atoms with van der Waals surface area (Å²) < 4.78 is 2.55. The Morgan fingerprint density at radius 2 is 2.00 bits per heavy atom. The molecule has 2 aliphatic rings. The largest absolute Gasteiger partial charge is 0.480 e. The van der Waals surface area contributed by atoms with E-state index in [1.54, 1.807) is 20.0 Å². The molecule has 1 aliphatic carbocycles. The first-order valence-corrected chi connectivity index (χ1v) is 13.0. The second-order valence-electron chi connectivity index (χ2n) is 10.2. The molecule has 8 nitrogen and oxygen atoms in total. The van der Waals surface area contributed by atoms with Gasteiger partial charge in [0.15, 0.2) is 11.4 Å². The van der Waals surface area contributed by atoms with Crippen molar-refractivity contribution < 1.29 is 14.7 Å². The molecule has 5 rings (SSSR count). The molecular weight excluding hydrogens is 522 g/mol. The molecule has 0 unspecified atom stereocenters. The Kier molecular flexibility index (Phi) is 6.46. The number of hydrogen-bond donors (Lipinski definition) is 2. The molecule has 0 amide bonds. The number of halogens is 1. The van der Waals surface area contributed by atoms with Gasteiger partial charge < -0.3 is 10.4 Å². The molecule has 2 aromatic heterocycles. The Morgan fingerprint density at radius 3 is 2.67 bits per heavy atom. The van der Waals surface area contributed by atoms with E-state index in [1.807, 2.05) is 36.4 Å². The molecule has 0 radical (unpaired) electrons. The number of carbonyl (C=O) groups is 2. The van der Waals surface area contributed by atoms with Gasteiger partial charge in [-0.1, -0.05) is 18.6 Å². The van der Waals surface area contributed by atoms with Crippen LogP contribution in [0.5, 0.6) is 0 Å². The minimum Gasteiger partial charge on any atom is -0.480 e. The molecule has 0 spiro atoms. The molecule has 0 bridgehead atoms. The molecule has 2 N–H and O–H groups in total. The zero-order chi connectivity index (χ0) is 25.6. The summed E-state index contributed by atoms with van der Waals surface area (Å²) >= 11 is 3.28. The zero-order valence-electron chi connectivity index (χ0n) is 20.7. The number of allylic oxidation sites excluding steroid dienone is 2. The summed E-state index contributed by atoms with van der Waals surface area (Å²) in [6.45, 7) is 4.63. The molecule has 9 heteroatoms. The van der Waals surface area contributed by atoms with E-state index in [2.05, 4.69) is 42.7 Å². The molecule has 3 aromatic rings. The number of benzene rings is 1. The summed E-state index contributed by atoms with van der Waals surface area (Å²) in [6.07, 6.45) is 5.48. The van der Waals surface area contributed by atoms with Gasteiger partial charge in [-0.2, -0.15) is 0 Å². The second kappa shape index (κ2) is 9.44. The number of piperidine rings is 1. The predicted molar refractivity (Wildman–Crippen MR) is 141 cm³/mol. The van der Waals surface area contributed by atoms with Gasteiger partial charge >= 0.3 is 5.97 Å². The van der Waals surface area contributed by atoms with Crippen LogP contribution >= 0.6 is 15.9 Å². The number of carboxylic acids is 1. The third kappa shape index (κ3) is 4.24. The van der Waals surface area contributed by atoms with E-state index in [0.29, 0.717) is 10.2 Å². The second-order valence-corrected chi connectivity index (χ2v) is 11.0. The number of imidazole rings is 1. The maximum Gasteiger partial charge on any atom is 0.326 e. The normalized spacial score (nSPS) is 20.9. The lowest BCUT2D eigenvalue weighted by molar-refractivity contribution is -0.139. The SMILES string of the molecule is CN1CCCC[C@H]1c1nc2cccnc2n1-c1ccc(C[C@H](NC2=C(Br)C(=O)C2(C)C)C(=O)O)cc1.